The first kappa shape index (κ1) is 29.5. The molecule has 0 spiro atoms. The summed E-state index contributed by atoms with van der Waals surface area (Å²) in [5.74, 6) is -0.470. The molecule has 4 aromatic carbocycles. The van der Waals surface area contributed by atoms with Gasteiger partial charge in [-0.1, -0.05) is 88.2 Å². The Morgan fingerprint density at radius 3 is 2.29 bits per heavy atom. The highest BCUT2D eigenvalue weighted by molar-refractivity contribution is 9.10. The van der Waals surface area contributed by atoms with Crippen molar-refractivity contribution in [2.24, 2.45) is 0 Å². The van der Waals surface area contributed by atoms with Gasteiger partial charge in [-0.3, -0.25) is 9.59 Å². The van der Waals surface area contributed by atoms with Gasteiger partial charge in [0.25, 0.3) is 5.91 Å². The van der Waals surface area contributed by atoms with Gasteiger partial charge in [-0.2, -0.15) is 4.31 Å². The second kappa shape index (κ2) is 12.9. The van der Waals surface area contributed by atoms with Crippen LogP contribution in [0.5, 0.6) is 5.75 Å². The van der Waals surface area contributed by atoms with Crippen molar-refractivity contribution in [2.45, 2.75) is 31.0 Å². The third kappa shape index (κ3) is 6.89. The van der Waals surface area contributed by atoms with Crippen molar-refractivity contribution in [3.05, 3.63) is 124 Å². The molecule has 1 heterocycles. The van der Waals surface area contributed by atoms with Crippen molar-refractivity contribution >= 4 is 43.5 Å². The number of rotatable bonds is 9. The van der Waals surface area contributed by atoms with Crippen molar-refractivity contribution in [1.82, 2.24) is 9.62 Å². The number of hydrogen-bond acceptors (Lipinski definition) is 5. The molecule has 10 heteroatoms. The first-order valence-electron chi connectivity index (χ1n) is 13.4. The van der Waals surface area contributed by atoms with Gasteiger partial charge in [0, 0.05) is 17.6 Å². The topological polar surface area (TPSA) is 96.0 Å². The van der Waals surface area contributed by atoms with Crippen LogP contribution in [0.2, 0.25) is 0 Å². The van der Waals surface area contributed by atoms with Gasteiger partial charge in [-0.15, -0.1) is 0 Å². The zero-order chi connectivity index (χ0) is 29.7. The van der Waals surface area contributed by atoms with Gasteiger partial charge >= 0.3 is 0 Å². The first-order valence-corrected chi connectivity index (χ1v) is 15.6. The lowest BCUT2D eigenvalue weighted by atomic mass is 10.1. The molecule has 0 fully saturated rings. The average molecular weight is 649 g/mol. The van der Waals surface area contributed by atoms with E-state index in [-0.39, 0.29) is 23.9 Å². The van der Waals surface area contributed by atoms with Gasteiger partial charge in [0.15, 0.2) is 6.10 Å². The van der Waals surface area contributed by atoms with Crippen molar-refractivity contribution in [2.75, 3.05) is 18.0 Å². The van der Waals surface area contributed by atoms with Crippen molar-refractivity contribution in [3.8, 4) is 5.75 Å². The van der Waals surface area contributed by atoms with Gasteiger partial charge < -0.3 is 15.0 Å². The summed E-state index contributed by atoms with van der Waals surface area (Å²) in [4.78, 5) is 28.6. The van der Waals surface area contributed by atoms with Crippen LogP contribution in [-0.2, 0) is 32.7 Å². The largest absolute Gasteiger partial charge is 0.477 e. The Labute approximate surface area is 254 Å². The molecule has 0 aromatic heterocycles. The SMILES string of the molecule is Cc1ccc(S(=O)(=O)N(CC(=O)N2C[C@H](C(=O)NCc3ccccc3)Oc3ccccc32)Cc2ccc(Br)cc2)cc1. The van der Waals surface area contributed by atoms with Crippen LogP contribution in [-0.4, -0.2) is 43.7 Å². The molecule has 4 aromatic rings. The number of para-hydroxylation sites is 2. The van der Waals surface area contributed by atoms with Crippen LogP contribution in [0.15, 0.2) is 112 Å². The zero-order valence-electron chi connectivity index (χ0n) is 22.9. The highest BCUT2D eigenvalue weighted by Crippen LogP contribution is 2.34. The summed E-state index contributed by atoms with van der Waals surface area (Å²) >= 11 is 3.41. The minimum atomic E-state index is -4.04. The lowest BCUT2D eigenvalue weighted by Gasteiger charge is -2.35. The van der Waals surface area contributed by atoms with Crippen LogP contribution in [0.3, 0.4) is 0 Å². The van der Waals surface area contributed by atoms with Crippen LogP contribution in [0.25, 0.3) is 0 Å². The Bertz CT molecular complexity index is 1660. The number of anilines is 1. The summed E-state index contributed by atoms with van der Waals surface area (Å²) in [6.45, 7) is 1.68. The number of amides is 2. The molecule has 5 rings (SSSR count). The predicted octanol–water partition coefficient (Wildman–Crippen LogP) is 5.06. The standard InChI is InChI=1S/C32H30BrN3O5S/c1-23-11-17-27(18-12-23)42(39,40)35(20-25-13-15-26(33)16-14-25)22-31(37)36-21-30(41-29-10-6-5-9-28(29)36)32(38)34-19-24-7-3-2-4-8-24/h2-18,30H,19-22H2,1H3,(H,34,38)/t30-/m1/s1. The van der Waals surface area contributed by atoms with Crippen LogP contribution in [0.1, 0.15) is 16.7 Å². The number of ether oxygens (including phenoxy) is 1. The van der Waals surface area contributed by atoms with Gasteiger partial charge in [0.05, 0.1) is 23.7 Å². The van der Waals surface area contributed by atoms with E-state index >= 15 is 0 Å². The van der Waals surface area contributed by atoms with Crippen molar-refractivity contribution in [3.63, 3.8) is 0 Å². The third-order valence-electron chi connectivity index (χ3n) is 6.92. The number of sulfonamides is 1. The molecule has 0 saturated carbocycles. The molecular formula is C32H30BrN3O5S. The monoisotopic (exact) mass is 647 g/mol. The molecule has 216 valence electrons. The van der Waals surface area contributed by atoms with Gasteiger partial charge in [-0.05, 0) is 54.4 Å². The summed E-state index contributed by atoms with van der Waals surface area (Å²) in [6.07, 6.45) is -0.971. The number of benzene rings is 4. The maximum Gasteiger partial charge on any atom is 0.263 e. The Hall–Kier alpha value is -3.99. The summed E-state index contributed by atoms with van der Waals surface area (Å²) in [7, 11) is -4.04. The smallest absolute Gasteiger partial charge is 0.263 e. The number of nitrogens with zero attached hydrogens (tertiary/aromatic N) is 2. The number of fused-ring (bicyclic) bond motifs is 1. The Morgan fingerprint density at radius 1 is 0.905 bits per heavy atom. The molecule has 0 aliphatic carbocycles. The molecule has 42 heavy (non-hydrogen) atoms. The number of carbonyl (C=O) groups excluding carboxylic acids is 2. The van der Waals surface area contributed by atoms with Crippen molar-refractivity contribution < 1.29 is 22.7 Å². The van der Waals surface area contributed by atoms with E-state index in [1.807, 2.05) is 61.5 Å². The maximum atomic E-state index is 13.9. The summed E-state index contributed by atoms with van der Waals surface area (Å²) in [5, 5.41) is 2.88. The van der Waals surface area contributed by atoms with Gasteiger partial charge in [0.2, 0.25) is 15.9 Å². The van der Waals surface area contributed by atoms with Crippen LogP contribution in [0, 0.1) is 6.92 Å². The minimum absolute atomic E-state index is 0.0117. The Kier molecular flexibility index (Phi) is 9.06. The lowest BCUT2D eigenvalue weighted by Crippen LogP contribution is -2.52. The number of hydrogen-bond donors (Lipinski definition) is 1. The molecule has 1 atom stereocenters. The van der Waals surface area contributed by atoms with E-state index in [2.05, 4.69) is 21.2 Å². The molecule has 1 aliphatic heterocycles. The fourth-order valence-corrected chi connectivity index (χ4v) is 6.26. The second-order valence-electron chi connectivity index (χ2n) is 9.99. The van der Waals surface area contributed by atoms with E-state index in [0.29, 0.717) is 18.0 Å². The van der Waals surface area contributed by atoms with Gasteiger partial charge in [-0.25, -0.2) is 8.42 Å². The third-order valence-corrected chi connectivity index (χ3v) is 9.25. The van der Waals surface area contributed by atoms with E-state index in [1.165, 1.54) is 9.21 Å². The second-order valence-corrected chi connectivity index (χ2v) is 12.8. The maximum absolute atomic E-state index is 13.9. The van der Waals surface area contributed by atoms with E-state index in [4.69, 9.17) is 4.74 Å². The molecule has 2 amide bonds. The van der Waals surface area contributed by atoms with E-state index in [1.54, 1.807) is 48.5 Å². The Morgan fingerprint density at radius 2 is 1.57 bits per heavy atom. The number of nitrogens with one attached hydrogen (secondary N) is 1. The summed E-state index contributed by atoms with van der Waals surface area (Å²) < 4.78 is 35.7. The highest BCUT2D eigenvalue weighted by Gasteiger charge is 2.36. The number of carbonyl (C=O) groups is 2. The zero-order valence-corrected chi connectivity index (χ0v) is 25.3. The lowest BCUT2D eigenvalue weighted by molar-refractivity contribution is -0.128. The van der Waals surface area contributed by atoms with Crippen LogP contribution < -0.4 is 15.0 Å². The van der Waals surface area contributed by atoms with Gasteiger partial charge in [0.1, 0.15) is 5.75 Å². The average Bonchev–Trinajstić information content (AvgIpc) is 3.00. The highest BCUT2D eigenvalue weighted by atomic mass is 79.9. The fraction of sp³-hybridized carbons (Fsp3) is 0.188. The predicted molar refractivity (Wildman–Crippen MR) is 164 cm³/mol. The summed E-state index contributed by atoms with van der Waals surface area (Å²) in [6, 6.07) is 30.2. The molecule has 1 aliphatic rings. The normalized spacial score (nSPS) is 14.6. The molecule has 0 bridgehead atoms. The molecular weight excluding hydrogens is 618 g/mol. The fourth-order valence-electron chi connectivity index (χ4n) is 4.62. The molecule has 1 N–H and O–H groups in total. The van der Waals surface area contributed by atoms with Crippen LogP contribution >= 0.6 is 15.9 Å². The van der Waals surface area contributed by atoms with E-state index in [0.717, 1.165) is 21.2 Å². The number of aryl methyl sites for hydroxylation is 1. The van der Waals surface area contributed by atoms with E-state index in [9.17, 15) is 18.0 Å². The molecule has 0 saturated heterocycles. The number of halogens is 1. The first-order chi connectivity index (χ1) is 20.2. The summed E-state index contributed by atoms with van der Waals surface area (Å²) in [5.41, 5.74) is 3.05. The molecule has 8 nitrogen and oxygen atoms in total. The quantitative estimate of drug-likeness (QED) is 0.274. The minimum Gasteiger partial charge on any atom is -0.477 e. The van der Waals surface area contributed by atoms with Crippen LogP contribution in [0.4, 0.5) is 5.69 Å². The molecule has 0 radical (unpaired) electrons. The van der Waals surface area contributed by atoms with Crippen molar-refractivity contribution in [1.29, 1.82) is 0 Å². The molecule has 0 unspecified atom stereocenters. The van der Waals surface area contributed by atoms with E-state index < -0.39 is 28.6 Å². The Balaban J connectivity index is 1.40.